The van der Waals surface area contributed by atoms with Crippen LogP contribution in [0.4, 0.5) is 15.9 Å². The SMILES string of the molecule is Cc1c(F)c2c3c(nc(=O)n(I)c3c1Cl)N1CC(C)N(C)CC1CCN2. The predicted molar refractivity (Wildman–Crippen MR) is 111 cm³/mol. The first-order valence-corrected chi connectivity index (χ1v) is 9.96. The highest BCUT2D eigenvalue weighted by atomic mass is 127. The third-order valence-corrected chi connectivity index (χ3v) is 6.92. The highest BCUT2D eigenvalue weighted by Crippen LogP contribution is 2.42. The largest absolute Gasteiger partial charge is 0.382 e. The first-order valence-electron chi connectivity index (χ1n) is 8.62. The Hall–Kier alpha value is -1.13. The Balaban J connectivity index is 2.09. The number of nitrogens with one attached hydrogen (secondary N) is 1. The van der Waals surface area contributed by atoms with Gasteiger partial charge in [-0.2, -0.15) is 4.98 Å². The molecule has 2 atom stereocenters. The second-order valence-electron chi connectivity index (χ2n) is 7.16. The third-order valence-electron chi connectivity index (χ3n) is 5.57. The summed E-state index contributed by atoms with van der Waals surface area (Å²) in [6.45, 7) is 6.04. The highest BCUT2D eigenvalue weighted by molar-refractivity contribution is 14.1. The minimum absolute atomic E-state index is 0.208. The summed E-state index contributed by atoms with van der Waals surface area (Å²) in [7, 11) is 2.11. The summed E-state index contributed by atoms with van der Waals surface area (Å²) >= 11 is 8.36. The molecule has 9 heteroatoms. The smallest absolute Gasteiger partial charge is 0.359 e. The number of anilines is 2. The number of likely N-dealkylation sites (N-methyl/N-ethyl adjacent to an activating group) is 1. The molecule has 2 aliphatic rings. The van der Waals surface area contributed by atoms with Crippen LogP contribution in [0.3, 0.4) is 0 Å². The van der Waals surface area contributed by atoms with Crippen molar-refractivity contribution in [2.24, 2.45) is 0 Å². The van der Waals surface area contributed by atoms with Crippen molar-refractivity contribution in [1.29, 1.82) is 0 Å². The fraction of sp³-hybridized carbons (Fsp3) is 0.529. The maximum atomic E-state index is 15.0. The van der Waals surface area contributed by atoms with Gasteiger partial charge in [-0.15, -0.1) is 0 Å². The number of aromatic nitrogens is 2. The van der Waals surface area contributed by atoms with Gasteiger partial charge in [-0.05, 0) is 27.3 Å². The Morgan fingerprint density at radius 2 is 2.12 bits per heavy atom. The van der Waals surface area contributed by atoms with E-state index in [0.29, 0.717) is 40.6 Å². The number of piperazine rings is 1. The van der Waals surface area contributed by atoms with Crippen LogP contribution in [0.5, 0.6) is 0 Å². The van der Waals surface area contributed by atoms with Gasteiger partial charge in [0.1, 0.15) is 5.82 Å². The lowest BCUT2D eigenvalue weighted by Crippen LogP contribution is -2.57. The zero-order valence-electron chi connectivity index (χ0n) is 14.8. The van der Waals surface area contributed by atoms with Gasteiger partial charge in [-0.25, -0.2) is 12.0 Å². The molecule has 2 aromatic rings. The van der Waals surface area contributed by atoms with Crippen molar-refractivity contribution >= 4 is 56.9 Å². The van der Waals surface area contributed by atoms with Crippen molar-refractivity contribution < 1.29 is 4.39 Å². The molecule has 0 bridgehead atoms. The van der Waals surface area contributed by atoms with Gasteiger partial charge in [-0.1, -0.05) is 11.6 Å². The van der Waals surface area contributed by atoms with Gasteiger partial charge in [0.25, 0.3) is 0 Å². The molecule has 1 aromatic heterocycles. The van der Waals surface area contributed by atoms with Crippen LogP contribution >= 0.6 is 34.5 Å². The highest BCUT2D eigenvalue weighted by Gasteiger charge is 2.35. The van der Waals surface area contributed by atoms with Crippen molar-refractivity contribution in [3.63, 3.8) is 0 Å². The molecular formula is C17H20ClFIN5O. The monoisotopic (exact) mass is 491 g/mol. The summed E-state index contributed by atoms with van der Waals surface area (Å²) in [4.78, 5) is 21.4. The summed E-state index contributed by atoms with van der Waals surface area (Å²) in [5, 5.41) is 4.09. The normalized spacial score (nSPS) is 23.4. The molecule has 6 nitrogen and oxygen atoms in total. The third kappa shape index (κ3) is 2.60. The fourth-order valence-electron chi connectivity index (χ4n) is 3.92. The quantitative estimate of drug-likeness (QED) is 0.574. The summed E-state index contributed by atoms with van der Waals surface area (Å²) in [5.41, 5.74) is 0.862. The molecule has 2 unspecified atom stereocenters. The van der Waals surface area contributed by atoms with E-state index in [1.807, 2.05) is 22.9 Å². The Bertz CT molecular complexity index is 965. The number of benzene rings is 1. The van der Waals surface area contributed by atoms with Crippen LogP contribution in [0.1, 0.15) is 18.9 Å². The van der Waals surface area contributed by atoms with E-state index in [2.05, 4.69) is 34.1 Å². The second kappa shape index (κ2) is 6.49. The van der Waals surface area contributed by atoms with Gasteiger partial charge in [0.15, 0.2) is 5.82 Å². The summed E-state index contributed by atoms with van der Waals surface area (Å²) in [5.74, 6) is 0.159. The molecule has 1 N–H and O–H groups in total. The number of nitrogens with zero attached hydrogens (tertiary/aromatic N) is 4. The summed E-state index contributed by atoms with van der Waals surface area (Å²) < 4.78 is 16.4. The van der Waals surface area contributed by atoms with Crippen molar-refractivity contribution in [2.45, 2.75) is 32.4 Å². The molecule has 1 fully saturated rings. The molecular weight excluding hydrogens is 472 g/mol. The van der Waals surface area contributed by atoms with Crippen LogP contribution in [0.15, 0.2) is 4.79 Å². The number of fused-ring (bicyclic) bond motifs is 2. The zero-order valence-corrected chi connectivity index (χ0v) is 17.7. The van der Waals surface area contributed by atoms with E-state index in [-0.39, 0.29) is 16.9 Å². The van der Waals surface area contributed by atoms with E-state index in [9.17, 15) is 4.79 Å². The van der Waals surface area contributed by atoms with Gasteiger partial charge in [0.2, 0.25) is 0 Å². The summed E-state index contributed by atoms with van der Waals surface area (Å²) in [6.07, 6.45) is 0.841. The second-order valence-corrected chi connectivity index (χ2v) is 8.50. The van der Waals surface area contributed by atoms with Crippen LogP contribution in [-0.4, -0.2) is 51.4 Å². The van der Waals surface area contributed by atoms with E-state index in [0.717, 1.165) is 19.5 Å². The molecule has 4 rings (SSSR count). The maximum Gasteiger partial charge on any atom is 0.359 e. The zero-order chi connectivity index (χ0) is 18.7. The minimum Gasteiger partial charge on any atom is -0.382 e. The lowest BCUT2D eigenvalue weighted by Gasteiger charge is -2.45. The summed E-state index contributed by atoms with van der Waals surface area (Å²) in [6, 6.07) is 0.520. The van der Waals surface area contributed by atoms with Crippen LogP contribution in [0.2, 0.25) is 5.02 Å². The number of halogens is 3. The molecule has 1 saturated heterocycles. The Morgan fingerprint density at radius 3 is 2.85 bits per heavy atom. The number of hydrogen-bond acceptors (Lipinski definition) is 5. The van der Waals surface area contributed by atoms with E-state index >= 15 is 4.39 Å². The van der Waals surface area contributed by atoms with Crippen LogP contribution in [0.25, 0.3) is 10.9 Å². The van der Waals surface area contributed by atoms with Gasteiger partial charge in [0, 0.05) is 37.3 Å². The molecule has 1 aromatic carbocycles. The van der Waals surface area contributed by atoms with Crippen molar-refractivity contribution in [3.8, 4) is 0 Å². The molecule has 140 valence electrons. The van der Waals surface area contributed by atoms with Crippen molar-refractivity contribution in [1.82, 2.24) is 12.7 Å². The fourth-order valence-corrected chi connectivity index (χ4v) is 4.91. The van der Waals surface area contributed by atoms with Crippen LogP contribution < -0.4 is 15.9 Å². The first kappa shape index (κ1) is 18.2. The van der Waals surface area contributed by atoms with Gasteiger partial charge in [0.05, 0.1) is 44.5 Å². The Morgan fingerprint density at radius 1 is 1.38 bits per heavy atom. The van der Waals surface area contributed by atoms with E-state index in [4.69, 9.17) is 11.6 Å². The Labute approximate surface area is 169 Å². The average Bonchev–Trinajstić information content (AvgIpc) is 2.59. The van der Waals surface area contributed by atoms with Gasteiger partial charge in [-0.3, -0.25) is 4.90 Å². The standard InChI is InChI=1S/C17H20ClFIN5O/c1-8-6-24-10(7-23(8)3)4-5-21-14-11-15(12(18)9(2)13(14)19)25(20)17(26)22-16(11)24/h8,10,21H,4-7H2,1-3H3. The first-order chi connectivity index (χ1) is 12.3. The molecule has 0 spiro atoms. The minimum atomic E-state index is -0.391. The number of hydrogen-bond donors (Lipinski definition) is 1. The van der Waals surface area contributed by atoms with E-state index in [1.165, 1.54) is 2.78 Å². The molecule has 2 aliphatic heterocycles. The lowest BCUT2D eigenvalue weighted by atomic mass is 10.0. The molecule has 0 aliphatic carbocycles. The van der Waals surface area contributed by atoms with Gasteiger partial charge >= 0.3 is 5.69 Å². The topological polar surface area (TPSA) is 53.4 Å². The average molecular weight is 492 g/mol. The van der Waals surface area contributed by atoms with Crippen molar-refractivity contribution in [2.75, 3.05) is 36.9 Å². The number of rotatable bonds is 0. The molecule has 0 saturated carbocycles. The van der Waals surface area contributed by atoms with E-state index in [1.54, 1.807) is 6.92 Å². The van der Waals surface area contributed by atoms with Crippen molar-refractivity contribution in [3.05, 3.63) is 26.9 Å². The van der Waals surface area contributed by atoms with E-state index < -0.39 is 5.69 Å². The Kier molecular flexibility index (Phi) is 4.55. The maximum absolute atomic E-state index is 15.0. The molecule has 0 amide bonds. The molecule has 0 radical (unpaired) electrons. The molecule has 26 heavy (non-hydrogen) atoms. The lowest BCUT2D eigenvalue weighted by molar-refractivity contribution is 0.196. The van der Waals surface area contributed by atoms with Crippen LogP contribution in [-0.2, 0) is 0 Å². The van der Waals surface area contributed by atoms with Gasteiger partial charge < -0.3 is 10.2 Å². The molecule has 3 heterocycles. The predicted octanol–water partition coefficient (Wildman–Crippen LogP) is 3.02. The van der Waals surface area contributed by atoms with Crippen LogP contribution in [0, 0.1) is 12.7 Å².